The van der Waals surface area contributed by atoms with E-state index in [1.165, 1.54) is 0 Å². The lowest BCUT2D eigenvalue weighted by molar-refractivity contribution is -0.194. The van der Waals surface area contributed by atoms with Crippen molar-refractivity contribution in [2.45, 2.75) is 70.1 Å². The Kier molecular flexibility index (Phi) is 4.69. The van der Waals surface area contributed by atoms with Gasteiger partial charge in [-0.1, -0.05) is 20.3 Å². The van der Waals surface area contributed by atoms with Crippen molar-refractivity contribution in [2.24, 2.45) is 17.6 Å². The van der Waals surface area contributed by atoms with Gasteiger partial charge in [-0.25, -0.2) is 0 Å². The molecule has 0 radical (unpaired) electrons. The van der Waals surface area contributed by atoms with Crippen LogP contribution < -0.4 is 5.73 Å². The Labute approximate surface area is 119 Å². The van der Waals surface area contributed by atoms with Crippen LogP contribution in [-0.2, 0) is 0 Å². The van der Waals surface area contributed by atoms with Crippen LogP contribution in [-0.4, -0.2) is 35.7 Å². The first-order chi connectivity index (χ1) is 9.28. The molecular weight excluding hydrogens is 265 g/mol. The van der Waals surface area contributed by atoms with E-state index in [4.69, 9.17) is 5.73 Å². The minimum absolute atomic E-state index is 0.191. The van der Waals surface area contributed by atoms with Gasteiger partial charge in [-0.2, -0.15) is 13.2 Å². The predicted molar refractivity (Wildman–Crippen MR) is 74.4 cm³/mol. The maximum Gasteiger partial charge on any atom is 0.391 e. The van der Waals surface area contributed by atoms with Gasteiger partial charge in [-0.3, -0.25) is 4.90 Å². The number of halogens is 3. The molecule has 0 saturated heterocycles. The number of nitrogens with zero attached hydrogens (tertiary/aromatic N) is 1. The van der Waals surface area contributed by atoms with E-state index < -0.39 is 17.6 Å². The lowest BCUT2D eigenvalue weighted by Crippen LogP contribution is -2.59. The lowest BCUT2D eigenvalue weighted by Gasteiger charge is -2.49. The largest absolute Gasteiger partial charge is 0.391 e. The third-order valence-corrected chi connectivity index (χ3v) is 4.82. The van der Waals surface area contributed by atoms with E-state index in [1.54, 1.807) is 0 Å². The summed E-state index contributed by atoms with van der Waals surface area (Å²) in [5, 5.41) is 0. The quantitative estimate of drug-likeness (QED) is 0.839. The van der Waals surface area contributed by atoms with Gasteiger partial charge in [0.2, 0.25) is 0 Å². The second-order valence-corrected chi connectivity index (χ2v) is 7.04. The van der Waals surface area contributed by atoms with Gasteiger partial charge in [-0.15, -0.1) is 0 Å². The van der Waals surface area contributed by atoms with E-state index >= 15 is 0 Å². The molecule has 0 aromatic heterocycles. The average molecular weight is 292 g/mol. The highest BCUT2D eigenvalue weighted by atomic mass is 19.4. The smallest absolute Gasteiger partial charge is 0.329 e. The first kappa shape index (κ1) is 16.1. The molecule has 0 bridgehead atoms. The topological polar surface area (TPSA) is 29.3 Å². The molecular formula is C15H27F3N2. The zero-order valence-corrected chi connectivity index (χ0v) is 12.5. The maximum atomic E-state index is 13.1. The Morgan fingerprint density at radius 2 is 1.90 bits per heavy atom. The Bertz CT molecular complexity index is 326. The van der Waals surface area contributed by atoms with Crippen LogP contribution in [0.1, 0.15) is 52.4 Å². The van der Waals surface area contributed by atoms with E-state index in [-0.39, 0.29) is 12.8 Å². The van der Waals surface area contributed by atoms with Crippen LogP contribution in [0.15, 0.2) is 0 Å². The summed E-state index contributed by atoms with van der Waals surface area (Å²) in [4.78, 5) is 2.33. The summed E-state index contributed by atoms with van der Waals surface area (Å²) in [6.07, 6.45) is 0.0772. The molecule has 0 aromatic carbocycles. The molecule has 2 atom stereocenters. The van der Waals surface area contributed by atoms with E-state index in [1.807, 2.05) is 0 Å². The lowest BCUT2D eigenvalue weighted by atomic mass is 9.73. The normalized spacial score (nSPS) is 32.1. The van der Waals surface area contributed by atoms with Crippen molar-refractivity contribution < 1.29 is 13.2 Å². The van der Waals surface area contributed by atoms with Crippen molar-refractivity contribution >= 4 is 0 Å². The zero-order valence-electron chi connectivity index (χ0n) is 12.5. The van der Waals surface area contributed by atoms with Crippen molar-refractivity contribution in [3.8, 4) is 0 Å². The summed E-state index contributed by atoms with van der Waals surface area (Å²) in [5.74, 6) is -0.710. The summed E-state index contributed by atoms with van der Waals surface area (Å²) in [6, 6.07) is 0.466. The average Bonchev–Trinajstić information content (AvgIpc) is 3.19. The second kappa shape index (κ2) is 5.84. The molecule has 0 amide bonds. The molecule has 0 aliphatic heterocycles. The van der Waals surface area contributed by atoms with Crippen molar-refractivity contribution in [3.63, 3.8) is 0 Å². The molecule has 2 nitrogen and oxygen atoms in total. The van der Waals surface area contributed by atoms with Crippen molar-refractivity contribution in [1.82, 2.24) is 4.90 Å². The second-order valence-electron chi connectivity index (χ2n) is 7.04. The number of hydrogen-bond donors (Lipinski definition) is 1. The first-order valence-corrected chi connectivity index (χ1v) is 7.82. The van der Waals surface area contributed by atoms with Crippen molar-refractivity contribution in [2.75, 3.05) is 13.1 Å². The molecule has 2 aliphatic rings. The minimum atomic E-state index is -4.08. The van der Waals surface area contributed by atoms with Gasteiger partial charge >= 0.3 is 6.18 Å². The van der Waals surface area contributed by atoms with Crippen LogP contribution in [0.25, 0.3) is 0 Å². The van der Waals surface area contributed by atoms with Gasteiger partial charge in [0.05, 0.1) is 5.92 Å². The summed E-state index contributed by atoms with van der Waals surface area (Å²) in [7, 11) is 0. The molecule has 0 heterocycles. The fourth-order valence-corrected chi connectivity index (χ4v) is 3.69. The van der Waals surface area contributed by atoms with Gasteiger partial charge in [-0.05, 0) is 38.0 Å². The molecule has 2 N–H and O–H groups in total. The van der Waals surface area contributed by atoms with Gasteiger partial charge in [0.1, 0.15) is 0 Å². The van der Waals surface area contributed by atoms with E-state index in [2.05, 4.69) is 18.7 Å². The third-order valence-electron chi connectivity index (χ3n) is 4.82. The van der Waals surface area contributed by atoms with Crippen LogP contribution in [0.5, 0.6) is 0 Å². The third kappa shape index (κ3) is 3.48. The van der Waals surface area contributed by atoms with Crippen LogP contribution >= 0.6 is 0 Å². The molecule has 2 fully saturated rings. The highest BCUT2D eigenvalue weighted by Gasteiger charge is 2.51. The van der Waals surface area contributed by atoms with Crippen LogP contribution in [0.4, 0.5) is 13.2 Å². The highest BCUT2D eigenvalue weighted by molar-refractivity contribution is 5.03. The molecule has 118 valence electrons. The fraction of sp³-hybridized carbons (Fsp3) is 1.00. The molecule has 2 aliphatic carbocycles. The van der Waals surface area contributed by atoms with Crippen LogP contribution in [0.2, 0.25) is 0 Å². The Morgan fingerprint density at radius 3 is 2.35 bits per heavy atom. The Hall–Kier alpha value is -0.290. The van der Waals surface area contributed by atoms with Crippen LogP contribution in [0, 0.1) is 11.8 Å². The summed E-state index contributed by atoms with van der Waals surface area (Å²) in [5.41, 5.74) is 5.55. The Balaban J connectivity index is 2.17. The van der Waals surface area contributed by atoms with Gasteiger partial charge in [0.25, 0.3) is 0 Å². The van der Waals surface area contributed by atoms with Gasteiger partial charge in [0.15, 0.2) is 0 Å². The van der Waals surface area contributed by atoms with Gasteiger partial charge in [0, 0.05) is 24.7 Å². The van der Waals surface area contributed by atoms with E-state index in [9.17, 15) is 13.2 Å². The molecule has 2 unspecified atom stereocenters. The SMILES string of the molecule is CC(C)CN(C1CC1)C1(CN)CCCC(C(F)(F)F)C1. The molecule has 2 saturated carbocycles. The molecule has 2 rings (SSSR count). The van der Waals surface area contributed by atoms with E-state index in [0.717, 1.165) is 25.8 Å². The summed E-state index contributed by atoms with van der Waals surface area (Å²) < 4.78 is 39.3. The fourth-order valence-electron chi connectivity index (χ4n) is 3.69. The zero-order chi connectivity index (χ0) is 15.0. The maximum absolute atomic E-state index is 13.1. The number of hydrogen-bond acceptors (Lipinski definition) is 2. The monoisotopic (exact) mass is 292 g/mol. The van der Waals surface area contributed by atoms with Crippen molar-refractivity contribution in [3.05, 3.63) is 0 Å². The standard InChI is InChI=1S/C15H27F3N2/c1-11(2)9-20(13-5-6-13)14(10-19)7-3-4-12(8-14)15(16,17)18/h11-13H,3-10,19H2,1-2H3. The Morgan fingerprint density at radius 1 is 1.25 bits per heavy atom. The van der Waals surface area contributed by atoms with Crippen LogP contribution in [0.3, 0.4) is 0 Å². The number of nitrogens with two attached hydrogens (primary N) is 1. The summed E-state index contributed by atoms with van der Waals surface area (Å²) in [6.45, 7) is 5.47. The molecule has 5 heteroatoms. The van der Waals surface area contributed by atoms with Crippen molar-refractivity contribution in [1.29, 1.82) is 0 Å². The van der Waals surface area contributed by atoms with E-state index in [0.29, 0.717) is 24.9 Å². The summed E-state index contributed by atoms with van der Waals surface area (Å²) >= 11 is 0. The first-order valence-electron chi connectivity index (χ1n) is 7.82. The van der Waals surface area contributed by atoms with Gasteiger partial charge < -0.3 is 5.73 Å². The highest BCUT2D eigenvalue weighted by Crippen LogP contribution is 2.47. The minimum Gasteiger partial charge on any atom is -0.329 e. The predicted octanol–water partition coefficient (Wildman–Crippen LogP) is 3.56. The number of rotatable bonds is 5. The molecule has 20 heavy (non-hydrogen) atoms. The number of alkyl halides is 3. The molecule has 0 spiro atoms. The molecule has 0 aromatic rings.